The average molecular weight is 403 g/mol. The van der Waals surface area contributed by atoms with Crippen LogP contribution in [-0.2, 0) is 11.2 Å². The SMILES string of the molecule is Cc1cc(C)c2c(c1)cc(C)c1nnc(SCC(=O)N3CCc4ccccc43)n12. The van der Waals surface area contributed by atoms with E-state index in [0.29, 0.717) is 5.75 Å². The van der Waals surface area contributed by atoms with Gasteiger partial charge in [0.15, 0.2) is 10.8 Å². The van der Waals surface area contributed by atoms with E-state index in [1.54, 1.807) is 0 Å². The van der Waals surface area contributed by atoms with Crippen LogP contribution in [0.25, 0.3) is 16.6 Å². The molecule has 6 heteroatoms. The lowest BCUT2D eigenvalue weighted by molar-refractivity contribution is -0.116. The highest BCUT2D eigenvalue weighted by atomic mass is 32.2. The van der Waals surface area contributed by atoms with Crippen molar-refractivity contribution < 1.29 is 4.79 Å². The number of thioether (sulfide) groups is 1. The second-order valence-corrected chi connectivity index (χ2v) is 8.64. The molecule has 5 rings (SSSR count). The summed E-state index contributed by atoms with van der Waals surface area (Å²) in [7, 11) is 0. The van der Waals surface area contributed by atoms with Gasteiger partial charge in [0.05, 0.1) is 11.3 Å². The van der Waals surface area contributed by atoms with Gasteiger partial charge >= 0.3 is 0 Å². The molecule has 0 unspecified atom stereocenters. The number of aromatic nitrogens is 3. The number of amides is 1. The van der Waals surface area contributed by atoms with Gasteiger partial charge in [0, 0.05) is 12.2 Å². The van der Waals surface area contributed by atoms with Crippen LogP contribution in [0.3, 0.4) is 0 Å². The summed E-state index contributed by atoms with van der Waals surface area (Å²) in [5, 5.41) is 10.8. The molecular weight excluding hydrogens is 380 g/mol. The second-order valence-electron chi connectivity index (χ2n) is 7.70. The molecule has 0 bridgehead atoms. The fourth-order valence-corrected chi connectivity index (χ4v) is 5.14. The molecule has 0 N–H and O–H groups in total. The van der Waals surface area contributed by atoms with E-state index in [0.717, 1.165) is 40.5 Å². The van der Waals surface area contributed by atoms with Crippen molar-refractivity contribution in [3.8, 4) is 0 Å². The Morgan fingerprint density at radius 1 is 1.07 bits per heavy atom. The number of nitrogens with zero attached hydrogens (tertiary/aromatic N) is 4. The van der Waals surface area contributed by atoms with E-state index in [-0.39, 0.29) is 5.91 Å². The zero-order chi connectivity index (χ0) is 20.1. The maximum absolute atomic E-state index is 12.9. The Kier molecular flexibility index (Phi) is 4.32. The van der Waals surface area contributed by atoms with Crippen molar-refractivity contribution in [1.82, 2.24) is 14.6 Å². The average Bonchev–Trinajstić information content (AvgIpc) is 3.30. The number of pyridine rings is 1. The Labute approximate surface area is 173 Å². The second kappa shape index (κ2) is 6.88. The lowest BCUT2D eigenvalue weighted by Gasteiger charge is -2.17. The van der Waals surface area contributed by atoms with Crippen molar-refractivity contribution >= 4 is 39.9 Å². The molecule has 146 valence electrons. The number of hydrogen-bond donors (Lipinski definition) is 0. The number of anilines is 1. The van der Waals surface area contributed by atoms with Gasteiger partial charge in [-0.25, -0.2) is 0 Å². The van der Waals surface area contributed by atoms with E-state index in [1.165, 1.54) is 33.8 Å². The monoisotopic (exact) mass is 402 g/mol. The fraction of sp³-hybridized carbons (Fsp3) is 0.261. The lowest BCUT2D eigenvalue weighted by atomic mass is 10.1. The van der Waals surface area contributed by atoms with Crippen LogP contribution in [0.4, 0.5) is 5.69 Å². The van der Waals surface area contributed by atoms with Crippen LogP contribution in [0.15, 0.2) is 47.6 Å². The zero-order valence-corrected chi connectivity index (χ0v) is 17.6. The molecule has 3 heterocycles. The summed E-state index contributed by atoms with van der Waals surface area (Å²) in [5.41, 5.74) is 7.75. The van der Waals surface area contributed by atoms with E-state index < -0.39 is 0 Å². The zero-order valence-electron chi connectivity index (χ0n) is 16.8. The molecule has 0 saturated carbocycles. The highest BCUT2D eigenvalue weighted by Crippen LogP contribution is 2.31. The Morgan fingerprint density at radius 2 is 1.90 bits per heavy atom. The van der Waals surface area contributed by atoms with Crippen LogP contribution in [0.2, 0.25) is 0 Å². The minimum absolute atomic E-state index is 0.112. The maximum atomic E-state index is 12.9. The molecule has 4 aromatic rings. The minimum atomic E-state index is 0.112. The third kappa shape index (κ3) is 2.99. The third-order valence-electron chi connectivity index (χ3n) is 5.57. The summed E-state index contributed by atoms with van der Waals surface area (Å²) in [4.78, 5) is 14.8. The minimum Gasteiger partial charge on any atom is -0.311 e. The molecule has 0 atom stereocenters. The number of para-hydroxylation sites is 1. The topological polar surface area (TPSA) is 50.5 Å². The maximum Gasteiger partial charge on any atom is 0.237 e. The van der Waals surface area contributed by atoms with Gasteiger partial charge in [-0.3, -0.25) is 9.20 Å². The molecule has 5 nitrogen and oxygen atoms in total. The molecule has 2 aromatic heterocycles. The number of fused-ring (bicyclic) bond motifs is 4. The van der Waals surface area contributed by atoms with Crippen LogP contribution < -0.4 is 4.90 Å². The standard InChI is InChI=1S/C23H22N4OS/c1-14-10-15(2)21-18(11-14)12-16(3)22-24-25-23(27(21)22)29-13-20(28)26-9-8-17-6-4-5-7-19(17)26/h4-7,10-12H,8-9,13H2,1-3H3. The summed E-state index contributed by atoms with van der Waals surface area (Å²) < 4.78 is 2.11. The predicted molar refractivity (Wildman–Crippen MR) is 118 cm³/mol. The van der Waals surface area contributed by atoms with E-state index >= 15 is 0 Å². The fourth-order valence-electron chi connectivity index (χ4n) is 4.33. The van der Waals surface area contributed by atoms with Crippen LogP contribution >= 0.6 is 11.8 Å². The Morgan fingerprint density at radius 3 is 2.76 bits per heavy atom. The van der Waals surface area contributed by atoms with Gasteiger partial charge in [0.25, 0.3) is 0 Å². The first-order chi connectivity index (χ1) is 14.0. The van der Waals surface area contributed by atoms with Gasteiger partial charge in [-0.05, 0) is 67.5 Å². The smallest absolute Gasteiger partial charge is 0.237 e. The third-order valence-corrected chi connectivity index (χ3v) is 6.48. The first-order valence-electron chi connectivity index (χ1n) is 9.79. The highest BCUT2D eigenvalue weighted by molar-refractivity contribution is 7.99. The van der Waals surface area contributed by atoms with Crippen molar-refractivity contribution in [2.45, 2.75) is 32.3 Å². The first-order valence-corrected chi connectivity index (χ1v) is 10.8. The van der Waals surface area contributed by atoms with Crippen molar-refractivity contribution in [2.75, 3.05) is 17.2 Å². The van der Waals surface area contributed by atoms with Crippen LogP contribution in [0, 0.1) is 20.8 Å². The van der Waals surface area contributed by atoms with Gasteiger partial charge in [-0.1, -0.05) is 41.6 Å². The number of carbonyl (C=O) groups excluding carboxylic acids is 1. The van der Waals surface area contributed by atoms with Crippen LogP contribution in [-0.4, -0.2) is 32.8 Å². The molecule has 0 fully saturated rings. The van der Waals surface area contributed by atoms with Crippen molar-refractivity contribution in [2.24, 2.45) is 0 Å². The molecule has 0 radical (unpaired) electrons. The van der Waals surface area contributed by atoms with Crippen molar-refractivity contribution in [3.05, 3.63) is 64.7 Å². The van der Waals surface area contributed by atoms with E-state index in [4.69, 9.17) is 0 Å². The number of carbonyl (C=O) groups is 1. The summed E-state index contributed by atoms with van der Waals surface area (Å²) in [6.45, 7) is 7.03. The van der Waals surface area contributed by atoms with Gasteiger partial charge in [0.2, 0.25) is 5.91 Å². The summed E-state index contributed by atoms with van der Waals surface area (Å²) in [6.07, 6.45) is 0.919. The summed E-state index contributed by atoms with van der Waals surface area (Å²) >= 11 is 1.46. The van der Waals surface area contributed by atoms with E-state index in [2.05, 4.69) is 59.6 Å². The quantitative estimate of drug-likeness (QED) is 0.474. The summed E-state index contributed by atoms with van der Waals surface area (Å²) in [6, 6.07) is 14.7. The van der Waals surface area contributed by atoms with Gasteiger partial charge < -0.3 is 4.90 Å². The molecule has 1 aliphatic rings. The molecule has 0 saturated heterocycles. The molecular formula is C23H22N4OS. The van der Waals surface area contributed by atoms with E-state index in [1.807, 2.05) is 23.1 Å². The Balaban J connectivity index is 1.49. The number of aryl methyl sites for hydroxylation is 3. The highest BCUT2D eigenvalue weighted by Gasteiger charge is 2.25. The first kappa shape index (κ1) is 18.2. The van der Waals surface area contributed by atoms with Crippen molar-refractivity contribution in [3.63, 3.8) is 0 Å². The number of rotatable bonds is 3. The van der Waals surface area contributed by atoms with E-state index in [9.17, 15) is 4.79 Å². The van der Waals surface area contributed by atoms with Crippen LogP contribution in [0.1, 0.15) is 22.3 Å². The predicted octanol–water partition coefficient (Wildman–Crippen LogP) is 4.49. The Bertz CT molecular complexity index is 1280. The molecule has 0 spiro atoms. The van der Waals surface area contributed by atoms with Gasteiger partial charge in [-0.15, -0.1) is 10.2 Å². The molecule has 1 amide bonds. The van der Waals surface area contributed by atoms with Crippen LogP contribution in [0.5, 0.6) is 0 Å². The number of hydrogen-bond acceptors (Lipinski definition) is 4. The largest absolute Gasteiger partial charge is 0.311 e. The normalized spacial score (nSPS) is 13.4. The molecule has 0 aliphatic carbocycles. The Hall–Kier alpha value is -2.86. The van der Waals surface area contributed by atoms with Crippen molar-refractivity contribution in [1.29, 1.82) is 0 Å². The molecule has 2 aromatic carbocycles. The molecule has 29 heavy (non-hydrogen) atoms. The molecule has 1 aliphatic heterocycles. The van der Waals surface area contributed by atoms with Gasteiger partial charge in [-0.2, -0.15) is 0 Å². The summed E-state index contributed by atoms with van der Waals surface area (Å²) in [5.74, 6) is 0.455. The lowest BCUT2D eigenvalue weighted by Crippen LogP contribution is -2.30. The van der Waals surface area contributed by atoms with Gasteiger partial charge in [0.1, 0.15) is 0 Å². The number of benzene rings is 2.